The number of carboxylic acid groups (broad SMARTS) is 1. The van der Waals surface area contributed by atoms with Gasteiger partial charge >= 0.3 is 5.97 Å². The topological polar surface area (TPSA) is 37.3 Å². The Balaban J connectivity index is 1.80. The molecule has 0 aromatic heterocycles. The van der Waals surface area contributed by atoms with Crippen molar-refractivity contribution in [3.05, 3.63) is 46.8 Å². The van der Waals surface area contributed by atoms with Gasteiger partial charge in [-0.2, -0.15) is 0 Å². The Kier molecular flexibility index (Phi) is 5.80. The maximum absolute atomic E-state index is 13.5. The van der Waals surface area contributed by atoms with Crippen molar-refractivity contribution in [1.82, 2.24) is 0 Å². The second kappa shape index (κ2) is 7.60. The second-order valence-corrected chi connectivity index (χ2v) is 6.12. The Morgan fingerprint density at radius 2 is 2.05 bits per heavy atom. The number of rotatable bonds is 5. The van der Waals surface area contributed by atoms with Gasteiger partial charge in [0, 0.05) is 6.08 Å². The van der Waals surface area contributed by atoms with E-state index in [2.05, 4.69) is 0 Å². The summed E-state index contributed by atoms with van der Waals surface area (Å²) in [6.45, 7) is 0. The van der Waals surface area contributed by atoms with E-state index in [0.29, 0.717) is 11.8 Å². The van der Waals surface area contributed by atoms with E-state index in [4.69, 9.17) is 16.7 Å². The lowest BCUT2D eigenvalue weighted by Gasteiger charge is -2.28. The fourth-order valence-electron chi connectivity index (χ4n) is 3.07. The molecule has 0 radical (unpaired) electrons. The van der Waals surface area contributed by atoms with Crippen LogP contribution in [0.25, 0.3) is 0 Å². The molecule has 0 aliphatic heterocycles. The van der Waals surface area contributed by atoms with E-state index in [-0.39, 0.29) is 10.8 Å². The molecule has 2 rings (SSSR count). The summed E-state index contributed by atoms with van der Waals surface area (Å²) in [5, 5.41) is 8.70. The van der Waals surface area contributed by atoms with E-state index in [9.17, 15) is 9.18 Å². The predicted octanol–water partition coefficient (Wildman–Crippen LogP) is 5.17. The number of benzene rings is 1. The molecule has 4 heteroatoms. The molecule has 1 N–H and O–H groups in total. The molecule has 1 fully saturated rings. The molecular weight excluding hydrogens is 291 g/mol. The van der Waals surface area contributed by atoms with Gasteiger partial charge in [0.1, 0.15) is 5.82 Å². The van der Waals surface area contributed by atoms with Crippen LogP contribution in [0.2, 0.25) is 5.02 Å². The van der Waals surface area contributed by atoms with Crippen molar-refractivity contribution in [3.8, 4) is 0 Å². The van der Waals surface area contributed by atoms with Gasteiger partial charge in [0.25, 0.3) is 0 Å². The fourth-order valence-corrected chi connectivity index (χ4v) is 3.18. The molecule has 0 saturated heterocycles. The van der Waals surface area contributed by atoms with Gasteiger partial charge < -0.3 is 5.11 Å². The zero-order valence-corrected chi connectivity index (χ0v) is 12.7. The monoisotopic (exact) mass is 310 g/mol. The summed E-state index contributed by atoms with van der Waals surface area (Å²) in [5.41, 5.74) is 1.04. The standard InChI is InChI=1S/C17H20ClFO2/c18-15-10-9-14(11-16(15)19)13-7-5-12(6-8-13)3-1-2-4-17(20)21/h2,4,9-13H,1,3,5-8H2,(H,20,21)/b4-2+. The van der Waals surface area contributed by atoms with Crippen LogP contribution in [0.4, 0.5) is 4.39 Å². The number of hydrogen-bond donors (Lipinski definition) is 1. The number of carboxylic acids is 1. The minimum absolute atomic E-state index is 0.178. The van der Waals surface area contributed by atoms with Crippen molar-refractivity contribution < 1.29 is 14.3 Å². The second-order valence-electron chi connectivity index (χ2n) is 5.71. The summed E-state index contributed by atoms with van der Waals surface area (Å²) in [5.74, 6) is -0.155. The largest absolute Gasteiger partial charge is 0.478 e. The quantitative estimate of drug-likeness (QED) is 0.761. The Labute approximate surface area is 129 Å². The first-order valence-corrected chi connectivity index (χ1v) is 7.78. The highest BCUT2D eigenvalue weighted by Gasteiger charge is 2.22. The van der Waals surface area contributed by atoms with Crippen molar-refractivity contribution in [2.24, 2.45) is 5.92 Å². The predicted molar refractivity (Wildman–Crippen MR) is 82.1 cm³/mol. The van der Waals surface area contributed by atoms with Crippen LogP contribution < -0.4 is 0 Å². The summed E-state index contributed by atoms with van der Waals surface area (Å²) >= 11 is 5.71. The molecular formula is C17H20ClFO2. The lowest BCUT2D eigenvalue weighted by atomic mass is 9.77. The first kappa shape index (κ1) is 16.0. The van der Waals surface area contributed by atoms with Gasteiger partial charge in [-0.3, -0.25) is 0 Å². The smallest absolute Gasteiger partial charge is 0.327 e. The van der Waals surface area contributed by atoms with Gasteiger partial charge in [-0.05, 0) is 68.1 Å². The number of allylic oxidation sites excluding steroid dienone is 1. The van der Waals surface area contributed by atoms with E-state index in [1.807, 2.05) is 6.07 Å². The molecule has 0 spiro atoms. The van der Waals surface area contributed by atoms with E-state index in [1.165, 1.54) is 6.08 Å². The highest BCUT2D eigenvalue weighted by molar-refractivity contribution is 6.30. The van der Waals surface area contributed by atoms with Crippen molar-refractivity contribution in [1.29, 1.82) is 0 Å². The highest BCUT2D eigenvalue weighted by Crippen LogP contribution is 2.38. The number of carbonyl (C=O) groups is 1. The third kappa shape index (κ3) is 4.85. The van der Waals surface area contributed by atoms with E-state index in [0.717, 1.165) is 44.1 Å². The van der Waals surface area contributed by atoms with Crippen molar-refractivity contribution in [2.45, 2.75) is 44.4 Å². The van der Waals surface area contributed by atoms with Crippen LogP contribution in [-0.2, 0) is 4.79 Å². The number of hydrogen-bond acceptors (Lipinski definition) is 1. The zero-order chi connectivity index (χ0) is 15.2. The Morgan fingerprint density at radius 3 is 2.67 bits per heavy atom. The van der Waals surface area contributed by atoms with Crippen LogP contribution in [0, 0.1) is 11.7 Å². The minimum atomic E-state index is -0.886. The molecule has 0 atom stereocenters. The summed E-state index contributed by atoms with van der Waals surface area (Å²) in [7, 11) is 0. The zero-order valence-electron chi connectivity index (χ0n) is 11.9. The van der Waals surface area contributed by atoms with Crippen LogP contribution in [0.5, 0.6) is 0 Å². The lowest BCUT2D eigenvalue weighted by Crippen LogP contribution is -2.13. The van der Waals surface area contributed by atoms with Gasteiger partial charge in [-0.25, -0.2) is 9.18 Å². The molecule has 2 nitrogen and oxygen atoms in total. The van der Waals surface area contributed by atoms with Gasteiger partial charge in [0.05, 0.1) is 5.02 Å². The molecule has 1 aliphatic rings. The number of aliphatic carboxylic acids is 1. The molecule has 0 amide bonds. The minimum Gasteiger partial charge on any atom is -0.478 e. The lowest BCUT2D eigenvalue weighted by molar-refractivity contribution is -0.131. The normalized spacial score (nSPS) is 22.6. The average Bonchev–Trinajstić information content (AvgIpc) is 2.47. The van der Waals surface area contributed by atoms with Crippen LogP contribution in [0.3, 0.4) is 0 Å². The first-order valence-electron chi connectivity index (χ1n) is 7.40. The molecule has 1 aliphatic carbocycles. The molecule has 1 aromatic carbocycles. The molecule has 0 unspecified atom stereocenters. The van der Waals surface area contributed by atoms with Crippen molar-refractivity contribution in [3.63, 3.8) is 0 Å². The SMILES string of the molecule is O=C(O)/C=C/CCC1CCC(c2ccc(Cl)c(F)c2)CC1. The van der Waals surface area contributed by atoms with Gasteiger partial charge in [-0.15, -0.1) is 0 Å². The maximum Gasteiger partial charge on any atom is 0.327 e. The van der Waals surface area contributed by atoms with Gasteiger partial charge in [0.15, 0.2) is 0 Å². The molecule has 0 heterocycles. The fraction of sp³-hybridized carbons (Fsp3) is 0.471. The van der Waals surface area contributed by atoms with Crippen LogP contribution in [0.1, 0.15) is 50.0 Å². The van der Waals surface area contributed by atoms with Crippen molar-refractivity contribution in [2.75, 3.05) is 0 Å². The third-order valence-electron chi connectivity index (χ3n) is 4.26. The first-order chi connectivity index (χ1) is 10.1. The molecule has 1 aromatic rings. The number of halogens is 2. The van der Waals surface area contributed by atoms with E-state index >= 15 is 0 Å². The van der Waals surface area contributed by atoms with E-state index < -0.39 is 5.97 Å². The van der Waals surface area contributed by atoms with Crippen LogP contribution in [0.15, 0.2) is 30.4 Å². The molecule has 21 heavy (non-hydrogen) atoms. The van der Waals surface area contributed by atoms with Crippen LogP contribution >= 0.6 is 11.6 Å². The third-order valence-corrected chi connectivity index (χ3v) is 4.57. The Morgan fingerprint density at radius 1 is 1.33 bits per heavy atom. The summed E-state index contributed by atoms with van der Waals surface area (Å²) < 4.78 is 13.5. The summed E-state index contributed by atoms with van der Waals surface area (Å²) in [6.07, 6.45) is 9.15. The Hall–Kier alpha value is -1.35. The molecule has 0 bridgehead atoms. The van der Waals surface area contributed by atoms with Crippen LogP contribution in [-0.4, -0.2) is 11.1 Å². The van der Waals surface area contributed by atoms with Gasteiger partial charge in [0.2, 0.25) is 0 Å². The van der Waals surface area contributed by atoms with Crippen molar-refractivity contribution >= 4 is 17.6 Å². The van der Waals surface area contributed by atoms with E-state index in [1.54, 1.807) is 18.2 Å². The maximum atomic E-state index is 13.5. The summed E-state index contributed by atoms with van der Waals surface area (Å²) in [6, 6.07) is 5.12. The Bertz CT molecular complexity index is 520. The van der Waals surface area contributed by atoms with Gasteiger partial charge in [-0.1, -0.05) is 23.7 Å². The molecule has 114 valence electrons. The highest BCUT2D eigenvalue weighted by atomic mass is 35.5. The summed E-state index contributed by atoms with van der Waals surface area (Å²) in [4.78, 5) is 10.4. The average molecular weight is 311 g/mol. The molecule has 1 saturated carbocycles.